The summed E-state index contributed by atoms with van der Waals surface area (Å²) in [5.74, 6) is 0.377. The monoisotopic (exact) mass is 267 g/mol. The largest absolute Gasteiger partial charge is 0.508 e. The summed E-state index contributed by atoms with van der Waals surface area (Å²) in [4.78, 5) is 0. The number of hydrogen-bond donors (Lipinski definition) is 2. The van der Waals surface area contributed by atoms with E-state index in [1.807, 2.05) is 6.07 Å². The molecule has 2 aromatic rings. The molecule has 0 bridgehead atoms. The zero-order chi connectivity index (χ0) is 14.1. The van der Waals surface area contributed by atoms with Gasteiger partial charge in [-0.25, -0.2) is 0 Å². The molecule has 2 nitrogen and oxygen atoms in total. The van der Waals surface area contributed by atoms with E-state index in [1.165, 1.54) is 16.7 Å². The SMILES string of the molecule is Cc1ccc(O)c(C(C)NC2CCc3ccccc32)c1. The average molecular weight is 267 g/mol. The van der Waals surface area contributed by atoms with Gasteiger partial charge in [-0.05, 0) is 43.9 Å². The standard InChI is InChI=1S/C18H21NO/c1-12-7-10-18(20)16(11-12)13(2)19-17-9-8-14-5-3-4-6-15(14)17/h3-7,10-11,13,17,19-20H,8-9H2,1-2H3. The molecule has 0 saturated heterocycles. The van der Waals surface area contributed by atoms with Gasteiger partial charge < -0.3 is 10.4 Å². The van der Waals surface area contributed by atoms with Crippen LogP contribution in [0.3, 0.4) is 0 Å². The Kier molecular flexibility index (Phi) is 3.49. The molecule has 0 radical (unpaired) electrons. The normalized spacial score (nSPS) is 18.8. The highest BCUT2D eigenvalue weighted by Gasteiger charge is 2.24. The highest BCUT2D eigenvalue weighted by atomic mass is 16.3. The predicted molar refractivity (Wildman–Crippen MR) is 81.9 cm³/mol. The van der Waals surface area contributed by atoms with Gasteiger partial charge in [0.15, 0.2) is 0 Å². The summed E-state index contributed by atoms with van der Waals surface area (Å²) in [6, 6.07) is 15.0. The van der Waals surface area contributed by atoms with Crippen LogP contribution in [-0.4, -0.2) is 5.11 Å². The Balaban J connectivity index is 1.80. The summed E-state index contributed by atoms with van der Waals surface area (Å²) in [5.41, 5.74) is 5.02. The summed E-state index contributed by atoms with van der Waals surface area (Å²) < 4.78 is 0. The molecule has 104 valence electrons. The van der Waals surface area contributed by atoms with Gasteiger partial charge in [0, 0.05) is 17.6 Å². The summed E-state index contributed by atoms with van der Waals surface area (Å²) in [6.07, 6.45) is 2.27. The van der Waals surface area contributed by atoms with E-state index in [4.69, 9.17) is 0 Å². The molecule has 0 fully saturated rings. The van der Waals surface area contributed by atoms with E-state index in [9.17, 15) is 5.11 Å². The Labute approximate surface area is 120 Å². The van der Waals surface area contributed by atoms with Crippen molar-refractivity contribution in [2.24, 2.45) is 0 Å². The number of fused-ring (bicyclic) bond motifs is 1. The fraction of sp³-hybridized carbons (Fsp3) is 0.333. The van der Waals surface area contributed by atoms with Gasteiger partial charge in [-0.3, -0.25) is 0 Å². The van der Waals surface area contributed by atoms with Gasteiger partial charge in [-0.1, -0.05) is 42.0 Å². The first-order valence-corrected chi connectivity index (χ1v) is 7.28. The van der Waals surface area contributed by atoms with Crippen LogP contribution in [-0.2, 0) is 6.42 Å². The van der Waals surface area contributed by atoms with Crippen LogP contribution < -0.4 is 5.32 Å². The molecule has 1 aliphatic rings. The number of benzene rings is 2. The third-order valence-corrected chi connectivity index (χ3v) is 4.23. The fourth-order valence-electron chi connectivity index (χ4n) is 3.14. The second-order valence-corrected chi connectivity index (χ2v) is 5.74. The number of aromatic hydroxyl groups is 1. The first kappa shape index (κ1) is 13.2. The number of phenols is 1. The van der Waals surface area contributed by atoms with Crippen molar-refractivity contribution in [3.63, 3.8) is 0 Å². The summed E-state index contributed by atoms with van der Waals surface area (Å²) >= 11 is 0. The molecule has 2 atom stereocenters. The Hall–Kier alpha value is -1.80. The topological polar surface area (TPSA) is 32.3 Å². The fourth-order valence-corrected chi connectivity index (χ4v) is 3.14. The lowest BCUT2D eigenvalue weighted by atomic mass is 10.0. The minimum absolute atomic E-state index is 0.144. The van der Waals surface area contributed by atoms with E-state index < -0.39 is 0 Å². The summed E-state index contributed by atoms with van der Waals surface area (Å²) in [7, 11) is 0. The van der Waals surface area contributed by atoms with Crippen LogP contribution in [0.4, 0.5) is 0 Å². The number of hydrogen-bond acceptors (Lipinski definition) is 2. The van der Waals surface area contributed by atoms with Crippen molar-refractivity contribution >= 4 is 0 Å². The maximum Gasteiger partial charge on any atom is 0.120 e. The van der Waals surface area contributed by atoms with Crippen LogP contribution in [0.2, 0.25) is 0 Å². The molecule has 0 saturated carbocycles. The predicted octanol–water partition coefficient (Wildman–Crippen LogP) is 4.04. The first-order chi connectivity index (χ1) is 9.65. The zero-order valence-corrected chi connectivity index (χ0v) is 12.1. The Morgan fingerprint density at radius 2 is 2.00 bits per heavy atom. The van der Waals surface area contributed by atoms with Crippen LogP contribution in [0.25, 0.3) is 0 Å². The Morgan fingerprint density at radius 1 is 1.20 bits per heavy atom. The Morgan fingerprint density at radius 3 is 2.85 bits per heavy atom. The highest BCUT2D eigenvalue weighted by molar-refractivity contribution is 5.39. The molecule has 1 aliphatic carbocycles. The molecule has 0 aliphatic heterocycles. The van der Waals surface area contributed by atoms with Crippen molar-refractivity contribution in [1.82, 2.24) is 5.32 Å². The summed E-state index contributed by atoms with van der Waals surface area (Å²) in [6.45, 7) is 4.18. The van der Waals surface area contributed by atoms with Crippen molar-refractivity contribution < 1.29 is 5.11 Å². The zero-order valence-electron chi connectivity index (χ0n) is 12.1. The molecule has 2 unspecified atom stereocenters. The van der Waals surface area contributed by atoms with E-state index in [-0.39, 0.29) is 6.04 Å². The van der Waals surface area contributed by atoms with Crippen LogP contribution in [0, 0.1) is 6.92 Å². The van der Waals surface area contributed by atoms with Crippen molar-refractivity contribution in [3.05, 3.63) is 64.7 Å². The van der Waals surface area contributed by atoms with Gasteiger partial charge in [0.05, 0.1) is 0 Å². The molecular formula is C18H21NO. The second kappa shape index (κ2) is 5.29. The van der Waals surface area contributed by atoms with Gasteiger partial charge in [-0.15, -0.1) is 0 Å². The van der Waals surface area contributed by atoms with Gasteiger partial charge in [0.2, 0.25) is 0 Å². The first-order valence-electron chi connectivity index (χ1n) is 7.28. The summed E-state index contributed by atoms with van der Waals surface area (Å²) in [5, 5.41) is 13.7. The number of rotatable bonds is 3. The molecule has 2 N–H and O–H groups in total. The minimum Gasteiger partial charge on any atom is -0.508 e. The van der Waals surface area contributed by atoms with Crippen molar-refractivity contribution in [3.8, 4) is 5.75 Å². The lowest BCUT2D eigenvalue weighted by Gasteiger charge is -2.22. The molecule has 0 aromatic heterocycles. The molecular weight excluding hydrogens is 246 g/mol. The van der Waals surface area contributed by atoms with Crippen molar-refractivity contribution in [1.29, 1.82) is 0 Å². The number of aryl methyl sites for hydroxylation is 2. The molecule has 0 spiro atoms. The van der Waals surface area contributed by atoms with Crippen LogP contribution >= 0.6 is 0 Å². The smallest absolute Gasteiger partial charge is 0.120 e. The molecule has 3 rings (SSSR count). The number of phenolic OH excluding ortho intramolecular Hbond substituents is 1. The Bertz CT molecular complexity index is 621. The lowest BCUT2D eigenvalue weighted by molar-refractivity contribution is 0.428. The van der Waals surface area contributed by atoms with E-state index >= 15 is 0 Å². The lowest BCUT2D eigenvalue weighted by Crippen LogP contribution is -2.23. The van der Waals surface area contributed by atoms with E-state index in [0.717, 1.165) is 18.4 Å². The molecule has 2 heteroatoms. The van der Waals surface area contributed by atoms with E-state index in [2.05, 4.69) is 49.5 Å². The minimum atomic E-state index is 0.144. The third-order valence-electron chi connectivity index (χ3n) is 4.23. The molecule has 0 heterocycles. The van der Waals surface area contributed by atoms with Gasteiger partial charge in [0.25, 0.3) is 0 Å². The van der Waals surface area contributed by atoms with E-state index in [1.54, 1.807) is 6.07 Å². The van der Waals surface area contributed by atoms with Crippen LogP contribution in [0.15, 0.2) is 42.5 Å². The van der Waals surface area contributed by atoms with Gasteiger partial charge in [0.1, 0.15) is 5.75 Å². The van der Waals surface area contributed by atoms with Gasteiger partial charge in [-0.2, -0.15) is 0 Å². The number of nitrogens with one attached hydrogen (secondary N) is 1. The van der Waals surface area contributed by atoms with Gasteiger partial charge >= 0.3 is 0 Å². The average Bonchev–Trinajstić information content (AvgIpc) is 2.85. The van der Waals surface area contributed by atoms with E-state index in [0.29, 0.717) is 11.8 Å². The maximum atomic E-state index is 10.0. The molecule has 20 heavy (non-hydrogen) atoms. The van der Waals surface area contributed by atoms with Crippen molar-refractivity contribution in [2.75, 3.05) is 0 Å². The molecule has 0 amide bonds. The van der Waals surface area contributed by atoms with Crippen LogP contribution in [0.1, 0.15) is 47.7 Å². The quantitative estimate of drug-likeness (QED) is 0.879. The van der Waals surface area contributed by atoms with Crippen molar-refractivity contribution in [2.45, 2.75) is 38.8 Å². The highest BCUT2D eigenvalue weighted by Crippen LogP contribution is 2.34. The van der Waals surface area contributed by atoms with Crippen LogP contribution in [0.5, 0.6) is 5.75 Å². The third kappa shape index (κ3) is 2.44. The second-order valence-electron chi connectivity index (χ2n) is 5.74. The molecule has 2 aromatic carbocycles. The maximum absolute atomic E-state index is 10.0.